The zero-order valence-corrected chi connectivity index (χ0v) is 10.5. The number of alkyl halides is 1. The second kappa shape index (κ2) is 5.72. The molecule has 0 aliphatic heterocycles. The fourth-order valence-corrected chi connectivity index (χ4v) is 1.77. The molecule has 1 aromatic rings. The summed E-state index contributed by atoms with van der Waals surface area (Å²) in [5, 5.41) is 9.43. The van der Waals surface area contributed by atoms with Gasteiger partial charge in [0.1, 0.15) is 5.82 Å². The third-order valence-corrected chi connectivity index (χ3v) is 3.00. The maximum absolute atomic E-state index is 8.65. The van der Waals surface area contributed by atoms with Crippen LogP contribution >= 0.6 is 15.9 Å². The molecule has 0 aliphatic rings. The van der Waals surface area contributed by atoms with E-state index in [1.807, 2.05) is 31.0 Å². The average molecular weight is 268 g/mol. The van der Waals surface area contributed by atoms with Gasteiger partial charge in [-0.1, -0.05) is 22.0 Å². The maximum atomic E-state index is 8.65. The SMILES string of the molecule is CC(CC#N)N(C)c1ncccc1CBr. The van der Waals surface area contributed by atoms with Crippen LogP contribution in [0.25, 0.3) is 0 Å². The van der Waals surface area contributed by atoms with Gasteiger partial charge in [-0.05, 0) is 13.0 Å². The molecule has 0 saturated heterocycles. The number of rotatable bonds is 4. The van der Waals surface area contributed by atoms with E-state index in [9.17, 15) is 0 Å². The summed E-state index contributed by atoms with van der Waals surface area (Å²) in [5.41, 5.74) is 1.14. The van der Waals surface area contributed by atoms with Crippen molar-refractivity contribution in [1.82, 2.24) is 4.98 Å². The predicted octanol–water partition coefficient (Wildman–Crippen LogP) is 2.71. The Morgan fingerprint density at radius 1 is 1.67 bits per heavy atom. The van der Waals surface area contributed by atoms with Gasteiger partial charge in [-0.2, -0.15) is 5.26 Å². The second-order valence-corrected chi connectivity index (χ2v) is 4.00. The largest absolute Gasteiger partial charge is 0.356 e. The number of aromatic nitrogens is 1. The molecular weight excluding hydrogens is 254 g/mol. The van der Waals surface area contributed by atoms with Gasteiger partial charge in [0, 0.05) is 30.2 Å². The van der Waals surface area contributed by atoms with Gasteiger partial charge in [-0.3, -0.25) is 0 Å². The molecule has 0 fully saturated rings. The number of nitrogens with zero attached hydrogens (tertiary/aromatic N) is 3. The van der Waals surface area contributed by atoms with Crippen molar-refractivity contribution in [3.05, 3.63) is 23.9 Å². The van der Waals surface area contributed by atoms with Gasteiger partial charge in [0.2, 0.25) is 0 Å². The lowest BCUT2D eigenvalue weighted by Gasteiger charge is -2.25. The fraction of sp³-hybridized carbons (Fsp3) is 0.455. The number of anilines is 1. The highest BCUT2D eigenvalue weighted by Gasteiger charge is 2.13. The lowest BCUT2D eigenvalue weighted by molar-refractivity contribution is 0.691. The highest BCUT2D eigenvalue weighted by molar-refractivity contribution is 9.08. The molecule has 0 aliphatic carbocycles. The van der Waals surface area contributed by atoms with Crippen LogP contribution in [0.15, 0.2) is 18.3 Å². The molecule has 1 heterocycles. The molecular formula is C11H14BrN3. The second-order valence-electron chi connectivity index (χ2n) is 3.44. The van der Waals surface area contributed by atoms with Gasteiger partial charge in [-0.15, -0.1) is 0 Å². The summed E-state index contributed by atoms with van der Waals surface area (Å²) in [5.74, 6) is 0.942. The summed E-state index contributed by atoms with van der Waals surface area (Å²) in [6, 6.07) is 6.31. The number of nitriles is 1. The van der Waals surface area contributed by atoms with Crippen molar-refractivity contribution in [2.75, 3.05) is 11.9 Å². The van der Waals surface area contributed by atoms with Crippen LogP contribution < -0.4 is 4.90 Å². The minimum Gasteiger partial charge on any atom is -0.356 e. The van der Waals surface area contributed by atoms with E-state index in [0.29, 0.717) is 6.42 Å². The Hall–Kier alpha value is -1.08. The first-order valence-electron chi connectivity index (χ1n) is 4.80. The lowest BCUT2D eigenvalue weighted by atomic mass is 10.2. The molecule has 0 bridgehead atoms. The van der Waals surface area contributed by atoms with Crippen molar-refractivity contribution in [1.29, 1.82) is 5.26 Å². The summed E-state index contributed by atoms with van der Waals surface area (Å²) in [7, 11) is 1.97. The zero-order chi connectivity index (χ0) is 11.3. The fourth-order valence-electron chi connectivity index (χ4n) is 1.33. The van der Waals surface area contributed by atoms with E-state index in [1.54, 1.807) is 6.20 Å². The molecule has 3 nitrogen and oxygen atoms in total. The van der Waals surface area contributed by atoms with E-state index >= 15 is 0 Å². The Labute approximate surface area is 98.9 Å². The Morgan fingerprint density at radius 3 is 3.00 bits per heavy atom. The van der Waals surface area contributed by atoms with Crippen LogP contribution in [0.1, 0.15) is 18.9 Å². The van der Waals surface area contributed by atoms with Gasteiger partial charge >= 0.3 is 0 Å². The van der Waals surface area contributed by atoms with E-state index in [1.165, 1.54) is 0 Å². The lowest BCUT2D eigenvalue weighted by Crippen LogP contribution is -2.29. The third-order valence-electron chi connectivity index (χ3n) is 2.39. The van der Waals surface area contributed by atoms with E-state index in [-0.39, 0.29) is 6.04 Å². The molecule has 0 saturated carbocycles. The molecule has 1 unspecified atom stereocenters. The Bertz CT molecular complexity index is 359. The minimum absolute atomic E-state index is 0.183. The van der Waals surface area contributed by atoms with Crippen LogP contribution in [-0.4, -0.2) is 18.1 Å². The van der Waals surface area contributed by atoms with E-state index < -0.39 is 0 Å². The van der Waals surface area contributed by atoms with Crippen LogP contribution in [-0.2, 0) is 5.33 Å². The molecule has 0 spiro atoms. The number of hydrogen-bond donors (Lipinski definition) is 0. The van der Waals surface area contributed by atoms with Gasteiger partial charge in [0.15, 0.2) is 0 Å². The van der Waals surface area contributed by atoms with Crippen molar-refractivity contribution >= 4 is 21.7 Å². The van der Waals surface area contributed by atoms with Crippen molar-refractivity contribution in [3.63, 3.8) is 0 Å². The summed E-state index contributed by atoms with van der Waals surface area (Å²) < 4.78 is 0. The Balaban J connectivity index is 2.90. The smallest absolute Gasteiger partial charge is 0.132 e. The van der Waals surface area contributed by atoms with E-state index in [2.05, 4.69) is 27.0 Å². The first-order chi connectivity index (χ1) is 7.20. The van der Waals surface area contributed by atoms with Gasteiger partial charge in [0.25, 0.3) is 0 Å². The Morgan fingerprint density at radius 2 is 2.40 bits per heavy atom. The molecule has 80 valence electrons. The molecule has 15 heavy (non-hydrogen) atoms. The third kappa shape index (κ3) is 2.93. The molecule has 0 radical (unpaired) electrons. The average Bonchev–Trinajstić information content (AvgIpc) is 2.28. The van der Waals surface area contributed by atoms with Crippen LogP contribution in [0, 0.1) is 11.3 Å². The summed E-state index contributed by atoms with van der Waals surface area (Å²) in [4.78, 5) is 6.38. The first kappa shape index (κ1) is 12.0. The summed E-state index contributed by atoms with van der Waals surface area (Å²) >= 11 is 3.43. The number of hydrogen-bond acceptors (Lipinski definition) is 3. The van der Waals surface area contributed by atoms with Crippen molar-refractivity contribution in [2.45, 2.75) is 24.7 Å². The predicted molar refractivity (Wildman–Crippen MR) is 65.0 cm³/mol. The minimum atomic E-state index is 0.183. The molecule has 1 aromatic heterocycles. The van der Waals surface area contributed by atoms with Crippen LogP contribution in [0.4, 0.5) is 5.82 Å². The number of halogens is 1. The van der Waals surface area contributed by atoms with Gasteiger partial charge in [0.05, 0.1) is 12.5 Å². The highest BCUT2D eigenvalue weighted by Crippen LogP contribution is 2.20. The van der Waals surface area contributed by atoms with Gasteiger partial charge < -0.3 is 4.90 Å². The molecule has 4 heteroatoms. The van der Waals surface area contributed by atoms with Crippen molar-refractivity contribution < 1.29 is 0 Å². The molecule has 1 atom stereocenters. The van der Waals surface area contributed by atoms with Crippen molar-refractivity contribution in [2.24, 2.45) is 0 Å². The monoisotopic (exact) mass is 267 g/mol. The number of pyridine rings is 1. The zero-order valence-electron chi connectivity index (χ0n) is 8.94. The van der Waals surface area contributed by atoms with E-state index in [4.69, 9.17) is 5.26 Å². The first-order valence-corrected chi connectivity index (χ1v) is 5.92. The van der Waals surface area contributed by atoms with Crippen LogP contribution in [0.5, 0.6) is 0 Å². The Kier molecular flexibility index (Phi) is 4.57. The standard InChI is InChI=1S/C11H14BrN3/c1-9(5-6-13)15(2)11-10(8-12)4-3-7-14-11/h3-4,7,9H,5,8H2,1-2H3. The normalized spacial score (nSPS) is 11.9. The highest BCUT2D eigenvalue weighted by atomic mass is 79.9. The van der Waals surface area contributed by atoms with Gasteiger partial charge in [-0.25, -0.2) is 4.98 Å². The molecule has 0 aromatic carbocycles. The van der Waals surface area contributed by atoms with Crippen LogP contribution in [0.3, 0.4) is 0 Å². The maximum Gasteiger partial charge on any atom is 0.132 e. The topological polar surface area (TPSA) is 39.9 Å². The quantitative estimate of drug-likeness (QED) is 0.788. The van der Waals surface area contributed by atoms with Crippen molar-refractivity contribution in [3.8, 4) is 6.07 Å². The molecule has 1 rings (SSSR count). The summed E-state index contributed by atoms with van der Waals surface area (Å²) in [6.07, 6.45) is 2.28. The van der Waals surface area contributed by atoms with E-state index in [0.717, 1.165) is 16.7 Å². The van der Waals surface area contributed by atoms with Crippen LogP contribution in [0.2, 0.25) is 0 Å². The molecule has 0 N–H and O–H groups in total. The summed E-state index contributed by atoms with van der Waals surface area (Å²) in [6.45, 7) is 2.02. The molecule has 0 amide bonds.